The molecule has 1 aliphatic heterocycles. The molecule has 24 heavy (non-hydrogen) atoms. The number of hydrogen-bond acceptors (Lipinski definition) is 4. The Morgan fingerprint density at radius 2 is 1.75 bits per heavy atom. The lowest BCUT2D eigenvalue weighted by Gasteiger charge is -2.37. The van der Waals surface area contributed by atoms with Crippen LogP contribution in [0.15, 0.2) is 0 Å². The third kappa shape index (κ3) is 8.34. The molecule has 0 spiro atoms. The highest BCUT2D eigenvalue weighted by molar-refractivity contribution is 5.68. The van der Waals surface area contributed by atoms with E-state index in [9.17, 15) is 4.79 Å². The van der Waals surface area contributed by atoms with Crippen molar-refractivity contribution in [1.29, 1.82) is 0 Å². The average molecular weight is 344 g/mol. The van der Waals surface area contributed by atoms with Gasteiger partial charge in [-0.05, 0) is 67.2 Å². The minimum Gasteiger partial charge on any atom is -0.444 e. The van der Waals surface area contributed by atoms with Crippen LogP contribution in [0.25, 0.3) is 0 Å². The van der Waals surface area contributed by atoms with Crippen LogP contribution in [0.3, 0.4) is 0 Å². The molecule has 5 heteroatoms. The van der Waals surface area contributed by atoms with Gasteiger partial charge in [-0.25, -0.2) is 4.79 Å². The van der Waals surface area contributed by atoms with E-state index in [1.807, 2.05) is 20.8 Å². The summed E-state index contributed by atoms with van der Waals surface area (Å²) in [5.41, 5.74) is -0.645. The third-order valence-corrected chi connectivity index (χ3v) is 4.26. The number of ether oxygens (including phenoxy) is 3. The van der Waals surface area contributed by atoms with Gasteiger partial charge in [0, 0.05) is 19.7 Å². The SMILES string of the molecule is CCC(C)OCCC(C)(C)OC1CCN(C(=O)OC(C)(C)C)CC1. The molecule has 5 nitrogen and oxygen atoms in total. The maximum absolute atomic E-state index is 12.1. The van der Waals surface area contributed by atoms with Crippen molar-refractivity contribution in [3.63, 3.8) is 0 Å². The molecular weight excluding hydrogens is 306 g/mol. The van der Waals surface area contributed by atoms with Gasteiger partial charge < -0.3 is 19.1 Å². The maximum Gasteiger partial charge on any atom is 0.410 e. The second kappa shape index (κ2) is 9.04. The van der Waals surface area contributed by atoms with Crippen LogP contribution < -0.4 is 0 Å². The summed E-state index contributed by atoms with van der Waals surface area (Å²) in [5, 5.41) is 0. The van der Waals surface area contributed by atoms with Crippen molar-refractivity contribution in [2.45, 2.75) is 97.6 Å². The van der Waals surface area contributed by atoms with Crippen molar-refractivity contribution < 1.29 is 19.0 Å². The zero-order valence-electron chi connectivity index (χ0n) is 16.7. The fraction of sp³-hybridized carbons (Fsp3) is 0.947. The summed E-state index contributed by atoms with van der Waals surface area (Å²) < 4.78 is 17.5. The predicted octanol–water partition coefficient (Wildman–Crippen LogP) is 4.39. The normalized spacial score (nSPS) is 18.5. The zero-order chi connectivity index (χ0) is 18.4. The topological polar surface area (TPSA) is 48.0 Å². The molecule has 1 amide bonds. The fourth-order valence-corrected chi connectivity index (χ4v) is 2.62. The summed E-state index contributed by atoms with van der Waals surface area (Å²) >= 11 is 0. The van der Waals surface area contributed by atoms with Crippen LogP contribution in [-0.4, -0.2) is 54.1 Å². The summed E-state index contributed by atoms with van der Waals surface area (Å²) in [7, 11) is 0. The highest BCUT2D eigenvalue weighted by Crippen LogP contribution is 2.24. The van der Waals surface area contributed by atoms with Crippen LogP contribution in [-0.2, 0) is 14.2 Å². The zero-order valence-corrected chi connectivity index (χ0v) is 16.7. The number of rotatable bonds is 7. The first-order valence-corrected chi connectivity index (χ1v) is 9.30. The van der Waals surface area contributed by atoms with Gasteiger partial charge in [0.05, 0.1) is 17.8 Å². The van der Waals surface area contributed by atoms with Gasteiger partial charge in [0.2, 0.25) is 0 Å². The summed E-state index contributed by atoms with van der Waals surface area (Å²) in [6.07, 6.45) is 3.90. The van der Waals surface area contributed by atoms with Gasteiger partial charge in [0.15, 0.2) is 0 Å². The molecule has 0 aromatic rings. The first kappa shape index (κ1) is 21.2. The molecule has 1 unspecified atom stereocenters. The number of nitrogens with zero attached hydrogens (tertiary/aromatic N) is 1. The van der Waals surface area contributed by atoms with Crippen molar-refractivity contribution in [3.8, 4) is 0 Å². The molecule has 0 aromatic heterocycles. The molecule has 0 saturated carbocycles. The number of hydrogen-bond donors (Lipinski definition) is 0. The van der Waals surface area contributed by atoms with Crippen molar-refractivity contribution in [1.82, 2.24) is 4.90 Å². The minimum absolute atomic E-state index is 0.197. The number of amides is 1. The summed E-state index contributed by atoms with van der Waals surface area (Å²) in [4.78, 5) is 13.9. The Labute approximate surface area is 148 Å². The summed E-state index contributed by atoms with van der Waals surface area (Å²) in [5.74, 6) is 0. The average Bonchev–Trinajstić information content (AvgIpc) is 2.45. The van der Waals surface area contributed by atoms with Gasteiger partial charge in [0.1, 0.15) is 5.60 Å². The Hall–Kier alpha value is -0.810. The van der Waals surface area contributed by atoms with Gasteiger partial charge in [-0.1, -0.05) is 6.92 Å². The van der Waals surface area contributed by atoms with Gasteiger partial charge in [0.25, 0.3) is 0 Å². The molecule has 0 N–H and O–H groups in total. The first-order valence-electron chi connectivity index (χ1n) is 9.30. The lowest BCUT2D eigenvalue weighted by atomic mass is 10.0. The van der Waals surface area contributed by atoms with E-state index < -0.39 is 5.60 Å². The molecule has 0 aliphatic carbocycles. The lowest BCUT2D eigenvalue weighted by molar-refractivity contribution is -0.107. The van der Waals surface area contributed by atoms with Crippen LogP contribution in [0.1, 0.15) is 74.1 Å². The molecule has 0 bridgehead atoms. The highest BCUT2D eigenvalue weighted by Gasteiger charge is 2.30. The number of piperidine rings is 1. The van der Waals surface area contributed by atoms with Crippen molar-refractivity contribution in [3.05, 3.63) is 0 Å². The van der Waals surface area contributed by atoms with Gasteiger partial charge in [-0.2, -0.15) is 0 Å². The van der Waals surface area contributed by atoms with E-state index in [0.29, 0.717) is 19.2 Å². The molecule has 142 valence electrons. The van der Waals surface area contributed by atoms with E-state index in [2.05, 4.69) is 27.7 Å². The molecule has 1 saturated heterocycles. The third-order valence-electron chi connectivity index (χ3n) is 4.26. The number of carbonyl (C=O) groups is 1. The van der Waals surface area contributed by atoms with Crippen molar-refractivity contribution in [2.24, 2.45) is 0 Å². The van der Waals surface area contributed by atoms with E-state index >= 15 is 0 Å². The fourth-order valence-electron chi connectivity index (χ4n) is 2.62. The predicted molar refractivity (Wildman–Crippen MR) is 96.3 cm³/mol. The standard InChI is InChI=1S/C19H37NO4/c1-8-15(2)22-14-11-19(6,7)23-16-9-12-20(13-10-16)17(21)24-18(3,4)5/h15-16H,8-14H2,1-7H3. The molecule has 0 radical (unpaired) electrons. The lowest BCUT2D eigenvalue weighted by Crippen LogP contribution is -2.45. The molecule has 1 fully saturated rings. The Kier molecular flexibility index (Phi) is 8.00. The molecule has 1 rings (SSSR count). The Bertz CT molecular complexity index is 381. The number of carbonyl (C=O) groups excluding carboxylic acids is 1. The second-order valence-corrected chi connectivity index (χ2v) is 8.38. The molecular formula is C19H37NO4. The van der Waals surface area contributed by atoms with Crippen LogP contribution >= 0.6 is 0 Å². The molecule has 1 heterocycles. The smallest absolute Gasteiger partial charge is 0.410 e. The van der Waals surface area contributed by atoms with Crippen molar-refractivity contribution in [2.75, 3.05) is 19.7 Å². The first-order chi connectivity index (χ1) is 11.0. The van der Waals surface area contributed by atoms with E-state index in [0.717, 1.165) is 32.3 Å². The largest absolute Gasteiger partial charge is 0.444 e. The van der Waals surface area contributed by atoms with Crippen molar-refractivity contribution >= 4 is 6.09 Å². The Morgan fingerprint density at radius 3 is 2.25 bits per heavy atom. The highest BCUT2D eigenvalue weighted by atomic mass is 16.6. The Balaban J connectivity index is 2.33. The summed E-state index contributed by atoms with van der Waals surface area (Å²) in [6, 6.07) is 0. The second-order valence-electron chi connectivity index (χ2n) is 8.38. The van der Waals surface area contributed by atoms with Gasteiger partial charge in [-0.15, -0.1) is 0 Å². The van der Waals surface area contributed by atoms with E-state index in [1.54, 1.807) is 4.90 Å². The van der Waals surface area contributed by atoms with Gasteiger partial charge in [-0.3, -0.25) is 0 Å². The van der Waals surface area contributed by atoms with E-state index in [-0.39, 0.29) is 17.8 Å². The maximum atomic E-state index is 12.1. The van der Waals surface area contributed by atoms with Crippen LogP contribution in [0.4, 0.5) is 4.79 Å². The van der Waals surface area contributed by atoms with E-state index in [1.165, 1.54) is 0 Å². The van der Waals surface area contributed by atoms with Crippen LogP contribution in [0.2, 0.25) is 0 Å². The summed E-state index contributed by atoms with van der Waals surface area (Å²) in [6.45, 7) is 16.3. The molecule has 1 atom stereocenters. The monoisotopic (exact) mass is 343 g/mol. The Morgan fingerprint density at radius 1 is 1.17 bits per heavy atom. The van der Waals surface area contributed by atoms with Crippen LogP contribution in [0, 0.1) is 0 Å². The number of likely N-dealkylation sites (tertiary alicyclic amines) is 1. The quantitative estimate of drug-likeness (QED) is 0.688. The molecule has 1 aliphatic rings. The van der Waals surface area contributed by atoms with E-state index in [4.69, 9.17) is 14.2 Å². The van der Waals surface area contributed by atoms with Gasteiger partial charge >= 0.3 is 6.09 Å². The van der Waals surface area contributed by atoms with Crippen LogP contribution in [0.5, 0.6) is 0 Å². The minimum atomic E-state index is -0.442. The molecule has 0 aromatic carbocycles.